The average molecular weight is 349 g/mol. The third-order valence-corrected chi connectivity index (χ3v) is 4.76. The minimum Gasteiger partial charge on any atom is -0.325 e. The molecule has 1 fully saturated rings. The minimum atomic E-state index is 0. The second-order valence-electron chi connectivity index (χ2n) is 5.33. The molecule has 0 radical (unpaired) electrons. The molecule has 1 amide bonds. The molecule has 1 heterocycles. The van der Waals surface area contributed by atoms with Gasteiger partial charge in [-0.25, -0.2) is 0 Å². The summed E-state index contributed by atoms with van der Waals surface area (Å²) in [5.41, 5.74) is 0.819. The number of halogens is 2. The van der Waals surface area contributed by atoms with Gasteiger partial charge in [0.1, 0.15) is 0 Å². The maximum Gasteiger partial charge on any atom is 0.225 e. The summed E-state index contributed by atoms with van der Waals surface area (Å²) >= 11 is 7.92. The van der Waals surface area contributed by atoms with Crippen LogP contribution in [0.3, 0.4) is 0 Å². The monoisotopic (exact) mass is 348 g/mol. The van der Waals surface area contributed by atoms with E-state index in [4.69, 9.17) is 11.6 Å². The Morgan fingerprint density at radius 3 is 2.90 bits per heavy atom. The Kier molecular flexibility index (Phi) is 7.88. The van der Waals surface area contributed by atoms with E-state index in [0.717, 1.165) is 30.0 Å². The zero-order valence-electron chi connectivity index (χ0n) is 12.3. The molecule has 1 aromatic rings. The zero-order valence-corrected chi connectivity index (χ0v) is 14.7. The summed E-state index contributed by atoms with van der Waals surface area (Å²) in [4.78, 5) is 13.1. The number of thioether (sulfide) groups is 1. The van der Waals surface area contributed by atoms with E-state index in [9.17, 15) is 4.79 Å². The van der Waals surface area contributed by atoms with Gasteiger partial charge in [-0.1, -0.05) is 31.5 Å². The summed E-state index contributed by atoms with van der Waals surface area (Å²) < 4.78 is 0. The van der Waals surface area contributed by atoms with Crippen LogP contribution in [0, 0.1) is 0 Å². The molecule has 118 valence electrons. The molecule has 1 aliphatic rings. The SMILES string of the molecule is CC(C)Sc1c(Cl)cccc1NC(=O)CC1CCCN1.Cl. The van der Waals surface area contributed by atoms with Gasteiger partial charge in [0.05, 0.1) is 10.7 Å². The number of benzene rings is 1. The summed E-state index contributed by atoms with van der Waals surface area (Å²) in [5, 5.41) is 7.45. The van der Waals surface area contributed by atoms with E-state index in [1.165, 1.54) is 0 Å². The fourth-order valence-electron chi connectivity index (χ4n) is 2.32. The van der Waals surface area contributed by atoms with E-state index in [-0.39, 0.29) is 18.3 Å². The van der Waals surface area contributed by atoms with Crippen LogP contribution in [0.5, 0.6) is 0 Å². The molecule has 2 rings (SSSR count). The molecule has 2 N–H and O–H groups in total. The van der Waals surface area contributed by atoms with Crippen LogP contribution in [-0.4, -0.2) is 23.7 Å². The molecule has 3 nitrogen and oxygen atoms in total. The molecular weight excluding hydrogens is 327 g/mol. The first kappa shape index (κ1) is 18.6. The van der Waals surface area contributed by atoms with Crippen LogP contribution in [0.15, 0.2) is 23.1 Å². The van der Waals surface area contributed by atoms with Crippen molar-refractivity contribution in [3.05, 3.63) is 23.2 Å². The Hall–Kier alpha value is -0.420. The summed E-state index contributed by atoms with van der Waals surface area (Å²) in [6.45, 7) is 5.24. The van der Waals surface area contributed by atoms with Crippen molar-refractivity contribution in [2.75, 3.05) is 11.9 Å². The number of anilines is 1. The number of carbonyl (C=O) groups is 1. The molecular formula is C15H22Cl2N2OS. The van der Waals surface area contributed by atoms with Crippen LogP contribution in [0.1, 0.15) is 33.1 Å². The quantitative estimate of drug-likeness (QED) is 0.777. The fourth-order valence-corrected chi connectivity index (χ4v) is 3.52. The molecule has 21 heavy (non-hydrogen) atoms. The molecule has 1 unspecified atom stereocenters. The average Bonchev–Trinajstić information content (AvgIpc) is 2.86. The molecule has 1 aliphatic heterocycles. The number of hydrogen-bond donors (Lipinski definition) is 2. The van der Waals surface area contributed by atoms with Crippen molar-refractivity contribution in [3.8, 4) is 0 Å². The molecule has 1 aromatic carbocycles. The van der Waals surface area contributed by atoms with Gasteiger partial charge >= 0.3 is 0 Å². The number of amides is 1. The van der Waals surface area contributed by atoms with Gasteiger partial charge in [0, 0.05) is 22.6 Å². The lowest BCUT2D eigenvalue weighted by Crippen LogP contribution is -2.27. The zero-order chi connectivity index (χ0) is 14.5. The van der Waals surface area contributed by atoms with Crippen molar-refractivity contribution >= 4 is 47.4 Å². The molecule has 0 aromatic heterocycles. The number of carbonyl (C=O) groups excluding carboxylic acids is 1. The second-order valence-corrected chi connectivity index (χ2v) is 7.32. The van der Waals surface area contributed by atoms with Gasteiger partial charge in [-0.2, -0.15) is 0 Å². The molecule has 1 saturated heterocycles. The van der Waals surface area contributed by atoms with Gasteiger partial charge in [-0.3, -0.25) is 4.79 Å². The van der Waals surface area contributed by atoms with Crippen molar-refractivity contribution in [2.45, 2.75) is 49.3 Å². The van der Waals surface area contributed by atoms with Crippen molar-refractivity contribution in [1.29, 1.82) is 0 Å². The topological polar surface area (TPSA) is 41.1 Å². The molecule has 0 saturated carbocycles. The lowest BCUT2D eigenvalue weighted by molar-refractivity contribution is -0.116. The highest BCUT2D eigenvalue weighted by Crippen LogP contribution is 2.36. The third kappa shape index (κ3) is 5.70. The first-order valence-electron chi connectivity index (χ1n) is 7.04. The van der Waals surface area contributed by atoms with Gasteiger partial charge in [0.25, 0.3) is 0 Å². The van der Waals surface area contributed by atoms with Gasteiger partial charge in [0.2, 0.25) is 5.91 Å². The van der Waals surface area contributed by atoms with Crippen LogP contribution in [0.4, 0.5) is 5.69 Å². The highest BCUT2D eigenvalue weighted by molar-refractivity contribution is 8.00. The van der Waals surface area contributed by atoms with Gasteiger partial charge in [0.15, 0.2) is 0 Å². The largest absolute Gasteiger partial charge is 0.325 e. The predicted molar refractivity (Wildman–Crippen MR) is 94.0 cm³/mol. The maximum absolute atomic E-state index is 12.1. The first-order chi connectivity index (χ1) is 9.56. The Morgan fingerprint density at radius 1 is 1.52 bits per heavy atom. The van der Waals surface area contributed by atoms with Crippen LogP contribution in [0.25, 0.3) is 0 Å². The summed E-state index contributed by atoms with van der Waals surface area (Å²) in [7, 11) is 0. The van der Waals surface area contributed by atoms with Gasteiger partial charge in [-0.15, -0.1) is 24.2 Å². The van der Waals surface area contributed by atoms with E-state index >= 15 is 0 Å². The van der Waals surface area contributed by atoms with Crippen molar-refractivity contribution in [3.63, 3.8) is 0 Å². The smallest absolute Gasteiger partial charge is 0.225 e. The highest BCUT2D eigenvalue weighted by atomic mass is 35.5. The predicted octanol–water partition coefficient (Wildman–Crippen LogP) is 4.34. The van der Waals surface area contributed by atoms with Gasteiger partial charge in [-0.05, 0) is 31.5 Å². The van der Waals surface area contributed by atoms with Crippen LogP contribution in [0.2, 0.25) is 5.02 Å². The number of rotatable bonds is 5. The highest BCUT2D eigenvalue weighted by Gasteiger charge is 2.19. The minimum absolute atomic E-state index is 0. The van der Waals surface area contributed by atoms with E-state index in [1.54, 1.807) is 11.8 Å². The van der Waals surface area contributed by atoms with E-state index in [1.807, 2.05) is 18.2 Å². The lowest BCUT2D eigenvalue weighted by Gasteiger charge is -2.15. The van der Waals surface area contributed by atoms with E-state index in [2.05, 4.69) is 24.5 Å². The van der Waals surface area contributed by atoms with Crippen LogP contribution < -0.4 is 10.6 Å². The molecule has 0 spiro atoms. The molecule has 0 aliphatic carbocycles. The van der Waals surface area contributed by atoms with E-state index in [0.29, 0.717) is 22.7 Å². The van der Waals surface area contributed by atoms with Crippen LogP contribution in [-0.2, 0) is 4.79 Å². The van der Waals surface area contributed by atoms with Crippen LogP contribution >= 0.6 is 35.8 Å². The first-order valence-corrected chi connectivity index (χ1v) is 8.30. The Morgan fingerprint density at radius 2 is 2.29 bits per heavy atom. The lowest BCUT2D eigenvalue weighted by atomic mass is 10.1. The van der Waals surface area contributed by atoms with E-state index < -0.39 is 0 Å². The van der Waals surface area contributed by atoms with Gasteiger partial charge < -0.3 is 10.6 Å². The standard InChI is InChI=1S/C15H21ClN2OS.ClH/c1-10(2)20-15-12(16)6-3-7-13(15)18-14(19)9-11-5-4-8-17-11;/h3,6-7,10-11,17H,4-5,8-9H2,1-2H3,(H,18,19);1H. The Labute approximate surface area is 142 Å². The van der Waals surface area contributed by atoms with Crippen molar-refractivity contribution in [1.82, 2.24) is 5.32 Å². The molecule has 1 atom stereocenters. The summed E-state index contributed by atoms with van der Waals surface area (Å²) in [6.07, 6.45) is 2.76. The second kappa shape index (κ2) is 8.89. The Balaban J connectivity index is 0.00000220. The third-order valence-electron chi connectivity index (χ3n) is 3.19. The number of hydrogen-bond acceptors (Lipinski definition) is 3. The normalized spacial score (nSPS) is 17.6. The van der Waals surface area contributed by atoms with Crippen molar-refractivity contribution < 1.29 is 4.79 Å². The van der Waals surface area contributed by atoms with Crippen molar-refractivity contribution in [2.24, 2.45) is 0 Å². The molecule has 6 heteroatoms. The fraction of sp³-hybridized carbons (Fsp3) is 0.533. The molecule has 0 bridgehead atoms. The maximum atomic E-state index is 12.1. The summed E-state index contributed by atoms with van der Waals surface area (Å²) in [6, 6.07) is 5.96. The Bertz CT molecular complexity index is 477. The summed E-state index contributed by atoms with van der Waals surface area (Å²) in [5.74, 6) is 0.0530. The number of nitrogens with one attached hydrogen (secondary N) is 2.